The Morgan fingerprint density at radius 3 is 2.72 bits per heavy atom. The Bertz CT molecular complexity index is 1160. The lowest BCUT2D eigenvalue weighted by Crippen LogP contribution is -2.19. The van der Waals surface area contributed by atoms with E-state index < -0.39 is 5.97 Å². The average molecular weight is 351 g/mol. The van der Waals surface area contributed by atoms with E-state index in [-0.39, 0.29) is 11.1 Å². The molecule has 3 heterocycles. The van der Waals surface area contributed by atoms with Crippen molar-refractivity contribution < 1.29 is 9.53 Å². The molecule has 4 rings (SSSR count). The number of benzene rings is 1. The van der Waals surface area contributed by atoms with Crippen molar-refractivity contribution in [1.82, 2.24) is 14.5 Å². The van der Waals surface area contributed by atoms with E-state index in [2.05, 4.69) is 9.97 Å². The number of carbonyl (C=O) groups is 1. The molecule has 0 saturated carbocycles. The zero-order chi connectivity index (χ0) is 17.6. The van der Waals surface area contributed by atoms with Crippen LogP contribution in [0.15, 0.2) is 47.4 Å². The van der Waals surface area contributed by atoms with E-state index in [1.165, 1.54) is 29.1 Å². The third-order valence-corrected chi connectivity index (χ3v) is 5.00. The van der Waals surface area contributed by atoms with E-state index in [0.29, 0.717) is 21.7 Å². The minimum Gasteiger partial charge on any atom is -0.465 e. The van der Waals surface area contributed by atoms with Gasteiger partial charge < -0.3 is 4.74 Å². The lowest BCUT2D eigenvalue weighted by Gasteiger charge is -2.07. The minimum absolute atomic E-state index is 0.269. The number of rotatable bonds is 2. The molecule has 124 valence electrons. The second-order valence-electron chi connectivity index (χ2n) is 5.50. The Balaban J connectivity index is 1.96. The molecular formula is C18H13N3O3S. The van der Waals surface area contributed by atoms with E-state index in [4.69, 9.17) is 4.74 Å². The van der Waals surface area contributed by atoms with Gasteiger partial charge in [-0.1, -0.05) is 23.5 Å². The maximum Gasteiger partial charge on any atom is 0.339 e. The van der Waals surface area contributed by atoms with Gasteiger partial charge in [0, 0.05) is 6.20 Å². The third-order valence-electron chi connectivity index (χ3n) is 3.97. The van der Waals surface area contributed by atoms with Gasteiger partial charge in [-0.3, -0.25) is 14.3 Å². The van der Waals surface area contributed by atoms with Crippen molar-refractivity contribution in [2.75, 3.05) is 7.11 Å². The standard InChI is InChI=1S/C18H13N3O3S/c1-10-11(17(23)24-2)9-12-13(19-10)7-8-21(16(12)22)18-20-14-5-3-4-6-15(14)25-18/h3-9H,1-2H3. The fourth-order valence-corrected chi connectivity index (χ4v) is 3.64. The summed E-state index contributed by atoms with van der Waals surface area (Å²) in [5.74, 6) is -0.512. The molecule has 0 bridgehead atoms. The maximum atomic E-state index is 12.9. The molecule has 0 fully saturated rings. The van der Waals surface area contributed by atoms with Crippen LogP contribution in [0.4, 0.5) is 0 Å². The van der Waals surface area contributed by atoms with Crippen molar-refractivity contribution in [3.63, 3.8) is 0 Å². The second-order valence-corrected chi connectivity index (χ2v) is 6.51. The number of carbonyl (C=O) groups excluding carboxylic acids is 1. The smallest absolute Gasteiger partial charge is 0.339 e. The van der Waals surface area contributed by atoms with Crippen LogP contribution < -0.4 is 5.56 Å². The highest BCUT2D eigenvalue weighted by atomic mass is 32.1. The molecule has 1 aromatic carbocycles. The molecule has 0 spiro atoms. The summed E-state index contributed by atoms with van der Waals surface area (Å²) in [6.07, 6.45) is 1.66. The molecule has 0 saturated heterocycles. The molecular weight excluding hydrogens is 338 g/mol. The predicted molar refractivity (Wildman–Crippen MR) is 96.6 cm³/mol. The molecule has 0 aliphatic heterocycles. The van der Waals surface area contributed by atoms with Gasteiger partial charge in [-0.05, 0) is 31.2 Å². The van der Waals surface area contributed by atoms with E-state index in [0.717, 1.165) is 10.2 Å². The number of aromatic nitrogens is 3. The molecule has 0 amide bonds. The zero-order valence-electron chi connectivity index (χ0n) is 13.5. The molecule has 0 radical (unpaired) electrons. The van der Waals surface area contributed by atoms with E-state index in [1.54, 1.807) is 19.2 Å². The number of para-hydroxylation sites is 1. The quantitative estimate of drug-likeness (QED) is 0.519. The van der Waals surface area contributed by atoms with Crippen molar-refractivity contribution in [2.45, 2.75) is 6.92 Å². The molecule has 0 N–H and O–H groups in total. The van der Waals surface area contributed by atoms with Crippen molar-refractivity contribution in [3.8, 4) is 5.13 Å². The van der Waals surface area contributed by atoms with Crippen LogP contribution in [-0.2, 0) is 4.74 Å². The number of ether oxygens (including phenoxy) is 1. The van der Waals surface area contributed by atoms with Crippen LogP contribution >= 0.6 is 11.3 Å². The van der Waals surface area contributed by atoms with Crippen LogP contribution in [0, 0.1) is 6.92 Å². The van der Waals surface area contributed by atoms with Gasteiger partial charge in [-0.25, -0.2) is 9.78 Å². The lowest BCUT2D eigenvalue weighted by molar-refractivity contribution is 0.0599. The van der Waals surface area contributed by atoms with Gasteiger partial charge in [0.05, 0.1) is 39.5 Å². The molecule has 4 aromatic rings. The fraction of sp³-hybridized carbons (Fsp3) is 0.111. The van der Waals surface area contributed by atoms with Gasteiger partial charge in [-0.2, -0.15) is 0 Å². The zero-order valence-corrected chi connectivity index (χ0v) is 14.3. The molecule has 25 heavy (non-hydrogen) atoms. The van der Waals surface area contributed by atoms with Crippen molar-refractivity contribution in [2.24, 2.45) is 0 Å². The first-order valence-electron chi connectivity index (χ1n) is 7.56. The van der Waals surface area contributed by atoms with Gasteiger partial charge in [-0.15, -0.1) is 0 Å². The first kappa shape index (κ1) is 15.5. The van der Waals surface area contributed by atoms with E-state index in [9.17, 15) is 9.59 Å². The summed E-state index contributed by atoms with van der Waals surface area (Å²) in [6, 6.07) is 11.0. The molecule has 0 unspecified atom stereocenters. The normalized spacial score (nSPS) is 11.1. The van der Waals surface area contributed by atoms with Crippen LogP contribution in [0.25, 0.3) is 26.3 Å². The van der Waals surface area contributed by atoms with E-state index in [1.807, 2.05) is 24.3 Å². The third kappa shape index (κ3) is 2.49. The highest BCUT2D eigenvalue weighted by Gasteiger charge is 2.15. The highest BCUT2D eigenvalue weighted by Crippen LogP contribution is 2.24. The number of pyridine rings is 2. The predicted octanol–water partition coefficient (Wildman–Crippen LogP) is 3.09. The Kier molecular flexibility index (Phi) is 3.58. The van der Waals surface area contributed by atoms with Gasteiger partial charge in [0.25, 0.3) is 5.56 Å². The summed E-state index contributed by atoms with van der Waals surface area (Å²) in [7, 11) is 1.30. The number of hydrogen-bond donors (Lipinski definition) is 0. The lowest BCUT2D eigenvalue weighted by atomic mass is 10.1. The van der Waals surface area contributed by atoms with Gasteiger partial charge in [0.15, 0.2) is 5.13 Å². The first-order valence-corrected chi connectivity index (χ1v) is 8.37. The maximum absolute atomic E-state index is 12.9. The highest BCUT2D eigenvalue weighted by molar-refractivity contribution is 7.20. The summed E-state index contributed by atoms with van der Waals surface area (Å²) in [4.78, 5) is 33.7. The number of fused-ring (bicyclic) bond motifs is 2. The largest absolute Gasteiger partial charge is 0.465 e. The molecule has 0 aliphatic rings. The van der Waals surface area contributed by atoms with Gasteiger partial charge in [0.2, 0.25) is 0 Å². The molecule has 0 aliphatic carbocycles. The SMILES string of the molecule is COC(=O)c1cc2c(=O)n(-c3nc4ccccc4s3)ccc2nc1C. The van der Waals surface area contributed by atoms with Crippen molar-refractivity contribution in [1.29, 1.82) is 0 Å². The first-order chi connectivity index (χ1) is 12.1. The number of esters is 1. The Morgan fingerprint density at radius 2 is 1.96 bits per heavy atom. The monoisotopic (exact) mass is 351 g/mol. The van der Waals surface area contributed by atoms with Crippen LogP contribution in [-0.4, -0.2) is 27.6 Å². The van der Waals surface area contributed by atoms with Crippen LogP contribution in [0.1, 0.15) is 16.1 Å². The minimum atomic E-state index is -0.512. The Morgan fingerprint density at radius 1 is 1.16 bits per heavy atom. The number of nitrogens with zero attached hydrogens (tertiary/aromatic N) is 3. The summed E-state index contributed by atoms with van der Waals surface area (Å²) in [5, 5.41) is 0.932. The van der Waals surface area contributed by atoms with Crippen molar-refractivity contribution >= 4 is 38.4 Å². The summed E-state index contributed by atoms with van der Waals surface area (Å²) < 4.78 is 7.24. The Labute approximate surface area is 146 Å². The number of hydrogen-bond acceptors (Lipinski definition) is 6. The topological polar surface area (TPSA) is 74.1 Å². The van der Waals surface area contributed by atoms with Gasteiger partial charge in [0.1, 0.15) is 0 Å². The summed E-state index contributed by atoms with van der Waals surface area (Å²) >= 11 is 1.43. The second kappa shape index (κ2) is 5.78. The molecule has 6 nitrogen and oxygen atoms in total. The Hall–Kier alpha value is -3.06. The van der Waals surface area contributed by atoms with Crippen LogP contribution in [0.3, 0.4) is 0 Å². The summed E-state index contributed by atoms with van der Waals surface area (Å²) in [6.45, 7) is 1.71. The number of aryl methyl sites for hydroxylation is 1. The summed E-state index contributed by atoms with van der Waals surface area (Å²) in [5.41, 5.74) is 1.92. The van der Waals surface area contributed by atoms with Crippen LogP contribution in [0.2, 0.25) is 0 Å². The number of thiazole rings is 1. The van der Waals surface area contributed by atoms with Crippen molar-refractivity contribution in [3.05, 3.63) is 64.2 Å². The van der Waals surface area contributed by atoms with E-state index >= 15 is 0 Å². The van der Waals surface area contributed by atoms with Crippen LogP contribution in [0.5, 0.6) is 0 Å². The number of methoxy groups -OCH3 is 1. The average Bonchev–Trinajstić information content (AvgIpc) is 3.04. The fourth-order valence-electron chi connectivity index (χ4n) is 2.70. The molecule has 7 heteroatoms. The van der Waals surface area contributed by atoms with Gasteiger partial charge >= 0.3 is 5.97 Å². The molecule has 0 atom stereocenters. The molecule has 3 aromatic heterocycles.